The molecule has 0 aliphatic heterocycles. The Hall–Kier alpha value is -1.34. The number of rotatable bonds is 1. The van der Waals surface area contributed by atoms with Crippen molar-refractivity contribution in [2.75, 3.05) is 0 Å². The Bertz CT molecular complexity index is 296. The van der Waals surface area contributed by atoms with Gasteiger partial charge in [-0.3, -0.25) is 0 Å². The molecule has 0 amide bonds. The minimum atomic E-state index is -1.43. The number of nitrogens with zero attached hydrogens (tertiary/aromatic N) is 2. The molecule has 0 aliphatic carbocycles. The Morgan fingerprint density at radius 2 is 2.36 bits per heavy atom. The summed E-state index contributed by atoms with van der Waals surface area (Å²) >= 11 is 0. The highest BCUT2D eigenvalue weighted by Crippen LogP contribution is 2.14. The van der Waals surface area contributed by atoms with Crippen molar-refractivity contribution in [3.8, 4) is 12.3 Å². The van der Waals surface area contributed by atoms with Crippen LogP contribution in [-0.4, -0.2) is 15.2 Å². The van der Waals surface area contributed by atoms with E-state index in [9.17, 15) is 5.11 Å². The van der Waals surface area contributed by atoms with Gasteiger partial charge in [-0.1, -0.05) is 11.1 Å². The van der Waals surface area contributed by atoms with Crippen LogP contribution in [0.15, 0.2) is 4.52 Å². The smallest absolute Gasteiger partial charge is 0.223 e. The number of aryl methyl sites for hydroxylation is 1. The fraction of sp³-hybridized carbons (Fsp3) is 0.429. The summed E-state index contributed by atoms with van der Waals surface area (Å²) in [7, 11) is 0. The normalized spacial score (nSPS) is 15.5. The van der Waals surface area contributed by atoms with Crippen LogP contribution in [0.4, 0.5) is 0 Å². The number of hydrogen-bond donors (Lipinski definition) is 1. The van der Waals surface area contributed by atoms with E-state index in [0.717, 1.165) is 0 Å². The first-order valence-corrected chi connectivity index (χ1v) is 3.07. The van der Waals surface area contributed by atoms with Crippen LogP contribution in [0.25, 0.3) is 0 Å². The zero-order valence-corrected chi connectivity index (χ0v) is 6.33. The molecule has 0 aromatic carbocycles. The summed E-state index contributed by atoms with van der Waals surface area (Å²) in [5.74, 6) is 2.65. The van der Waals surface area contributed by atoms with Gasteiger partial charge in [0.1, 0.15) is 0 Å². The van der Waals surface area contributed by atoms with Crippen molar-refractivity contribution in [1.82, 2.24) is 10.1 Å². The molecule has 1 heterocycles. The first-order chi connectivity index (χ1) is 5.06. The van der Waals surface area contributed by atoms with Gasteiger partial charge in [0.15, 0.2) is 5.60 Å². The van der Waals surface area contributed by atoms with Gasteiger partial charge < -0.3 is 9.63 Å². The Morgan fingerprint density at radius 1 is 1.73 bits per heavy atom. The Morgan fingerprint density at radius 3 is 2.73 bits per heavy atom. The molecule has 4 nitrogen and oxygen atoms in total. The van der Waals surface area contributed by atoms with E-state index >= 15 is 0 Å². The quantitative estimate of drug-likeness (QED) is 0.585. The molecule has 0 spiro atoms. The van der Waals surface area contributed by atoms with Gasteiger partial charge in [-0.2, -0.15) is 4.98 Å². The van der Waals surface area contributed by atoms with E-state index in [1.807, 2.05) is 0 Å². The highest BCUT2D eigenvalue weighted by molar-refractivity contribution is 5.14. The molecule has 0 bridgehead atoms. The Kier molecular flexibility index (Phi) is 1.67. The number of aliphatic hydroxyl groups is 1. The van der Waals surface area contributed by atoms with Crippen molar-refractivity contribution in [3.63, 3.8) is 0 Å². The summed E-state index contributed by atoms with van der Waals surface area (Å²) < 4.78 is 4.64. The van der Waals surface area contributed by atoms with Crippen LogP contribution in [0, 0.1) is 19.3 Å². The van der Waals surface area contributed by atoms with Crippen molar-refractivity contribution in [2.24, 2.45) is 0 Å². The lowest BCUT2D eigenvalue weighted by Gasteiger charge is -2.08. The van der Waals surface area contributed by atoms with Gasteiger partial charge in [0.2, 0.25) is 11.7 Å². The first-order valence-electron chi connectivity index (χ1n) is 3.07. The second kappa shape index (κ2) is 2.36. The third-order valence-corrected chi connectivity index (χ3v) is 1.24. The highest BCUT2D eigenvalue weighted by Gasteiger charge is 2.25. The molecule has 11 heavy (non-hydrogen) atoms. The van der Waals surface area contributed by atoms with Crippen LogP contribution < -0.4 is 0 Å². The van der Waals surface area contributed by atoms with Crippen molar-refractivity contribution in [3.05, 3.63) is 11.7 Å². The van der Waals surface area contributed by atoms with E-state index in [1.165, 1.54) is 6.92 Å². The Balaban J connectivity index is 3.04. The van der Waals surface area contributed by atoms with Gasteiger partial charge >= 0.3 is 0 Å². The van der Waals surface area contributed by atoms with E-state index in [0.29, 0.717) is 5.89 Å². The van der Waals surface area contributed by atoms with E-state index in [-0.39, 0.29) is 5.82 Å². The minimum absolute atomic E-state index is 0.123. The molecule has 1 unspecified atom stereocenters. The fourth-order valence-electron chi connectivity index (χ4n) is 0.562. The molecule has 1 rings (SSSR count). The van der Waals surface area contributed by atoms with Crippen LogP contribution in [0.1, 0.15) is 18.6 Å². The molecular weight excluding hydrogens is 144 g/mol. The predicted molar refractivity (Wildman–Crippen MR) is 37.4 cm³/mol. The zero-order chi connectivity index (χ0) is 8.48. The maximum absolute atomic E-state index is 9.39. The zero-order valence-electron chi connectivity index (χ0n) is 6.33. The molecule has 1 aromatic heterocycles. The topological polar surface area (TPSA) is 59.2 Å². The average molecular weight is 152 g/mol. The molecule has 0 aliphatic rings. The molecule has 0 fully saturated rings. The maximum atomic E-state index is 9.39. The molecule has 0 saturated heterocycles. The highest BCUT2D eigenvalue weighted by atomic mass is 16.5. The summed E-state index contributed by atoms with van der Waals surface area (Å²) in [6.45, 7) is 3.06. The first kappa shape index (κ1) is 7.76. The summed E-state index contributed by atoms with van der Waals surface area (Å²) in [6.07, 6.45) is 5.03. The Labute approximate surface area is 64.2 Å². The molecule has 1 N–H and O–H groups in total. The molecule has 0 radical (unpaired) electrons. The van der Waals surface area contributed by atoms with E-state index in [4.69, 9.17) is 6.42 Å². The van der Waals surface area contributed by atoms with Crippen LogP contribution in [0.5, 0.6) is 0 Å². The summed E-state index contributed by atoms with van der Waals surface area (Å²) in [4.78, 5) is 3.78. The molecule has 0 saturated carbocycles. The SMILES string of the molecule is C#CC(C)(O)c1noc(C)n1. The average Bonchev–Trinajstić information content (AvgIpc) is 2.36. The van der Waals surface area contributed by atoms with Crippen LogP contribution in [-0.2, 0) is 5.60 Å². The van der Waals surface area contributed by atoms with Gasteiger partial charge in [-0.05, 0) is 6.92 Å². The van der Waals surface area contributed by atoms with Crippen LogP contribution in [0.2, 0.25) is 0 Å². The largest absolute Gasteiger partial charge is 0.371 e. The third kappa shape index (κ3) is 1.38. The van der Waals surface area contributed by atoms with Crippen molar-refractivity contribution >= 4 is 0 Å². The second-order valence-electron chi connectivity index (χ2n) is 2.35. The van der Waals surface area contributed by atoms with Crippen LogP contribution in [0.3, 0.4) is 0 Å². The molecule has 58 valence electrons. The summed E-state index contributed by atoms with van der Waals surface area (Å²) in [6, 6.07) is 0. The minimum Gasteiger partial charge on any atom is -0.371 e. The number of terminal acetylenes is 1. The molecule has 1 atom stereocenters. The standard InChI is InChI=1S/C7H8N2O2/c1-4-7(3,10)6-8-5(2)11-9-6/h1,10H,2-3H3. The van der Waals surface area contributed by atoms with E-state index in [1.54, 1.807) is 6.92 Å². The lowest BCUT2D eigenvalue weighted by atomic mass is 10.1. The van der Waals surface area contributed by atoms with Crippen LogP contribution >= 0.6 is 0 Å². The molecule has 4 heteroatoms. The second-order valence-corrected chi connectivity index (χ2v) is 2.35. The van der Waals surface area contributed by atoms with Gasteiger partial charge in [-0.25, -0.2) is 0 Å². The number of hydrogen-bond acceptors (Lipinski definition) is 4. The molecular formula is C7H8N2O2. The van der Waals surface area contributed by atoms with E-state index in [2.05, 4.69) is 20.6 Å². The maximum Gasteiger partial charge on any atom is 0.223 e. The fourth-order valence-corrected chi connectivity index (χ4v) is 0.562. The van der Waals surface area contributed by atoms with Crippen molar-refractivity contribution in [1.29, 1.82) is 0 Å². The predicted octanol–water partition coefficient (Wildman–Crippen LogP) is 0.219. The van der Waals surface area contributed by atoms with Gasteiger partial charge in [0.05, 0.1) is 0 Å². The monoisotopic (exact) mass is 152 g/mol. The van der Waals surface area contributed by atoms with E-state index < -0.39 is 5.60 Å². The summed E-state index contributed by atoms with van der Waals surface area (Å²) in [5.41, 5.74) is -1.43. The van der Waals surface area contributed by atoms with Crippen molar-refractivity contribution < 1.29 is 9.63 Å². The van der Waals surface area contributed by atoms with Gasteiger partial charge in [0.25, 0.3) is 0 Å². The van der Waals surface area contributed by atoms with Gasteiger partial charge in [-0.15, -0.1) is 6.42 Å². The number of aromatic nitrogens is 2. The lowest BCUT2D eigenvalue weighted by molar-refractivity contribution is 0.109. The lowest BCUT2D eigenvalue weighted by Crippen LogP contribution is -2.19. The third-order valence-electron chi connectivity index (χ3n) is 1.24. The van der Waals surface area contributed by atoms with Gasteiger partial charge in [0, 0.05) is 6.92 Å². The molecule has 1 aromatic rings. The van der Waals surface area contributed by atoms with Crippen molar-refractivity contribution in [2.45, 2.75) is 19.4 Å². The summed E-state index contributed by atoms with van der Waals surface area (Å²) in [5, 5.41) is 12.9.